The lowest BCUT2D eigenvalue weighted by Gasteiger charge is -2.24. The van der Waals surface area contributed by atoms with Crippen molar-refractivity contribution in [2.45, 2.75) is 31.9 Å². The van der Waals surface area contributed by atoms with Gasteiger partial charge in [0.25, 0.3) is 0 Å². The number of rotatable bonds is 3. The Morgan fingerprint density at radius 1 is 1.13 bits per heavy atom. The summed E-state index contributed by atoms with van der Waals surface area (Å²) in [6, 6.07) is 5.48. The van der Waals surface area contributed by atoms with E-state index < -0.39 is 29.8 Å². The normalized spacial score (nSPS) is 13.9. The summed E-state index contributed by atoms with van der Waals surface area (Å²) < 4.78 is 85.4. The lowest BCUT2D eigenvalue weighted by molar-refractivity contribution is -0.192. The largest absolute Gasteiger partial charge is 0.490 e. The molecular weight excluding hydrogens is 427 g/mol. The van der Waals surface area contributed by atoms with Crippen molar-refractivity contribution in [2.75, 3.05) is 6.54 Å². The molecule has 3 rings (SSSR count). The number of hydrogen-bond acceptors (Lipinski definition) is 3. The van der Waals surface area contributed by atoms with Crippen molar-refractivity contribution in [2.24, 2.45) is 0 Å². The van der Waals surface area contributed by atoms with Crippen LogP contribution in [0.1, 0.15) is 22.5 Å². The standard InChI is InChI=1S/C15H13F4N3O.C2HF3O2/c16-11-3-1-10(2-4-11)7-22-13-8-21(9-23)6-5-12(13)14(20-22)15(17,18)19;3-2(4,5)1(6)7/h1-4,9H,5-8H2;(H,6,7). The number of benzene rings is 1. The summed E-state index contributed by atoms with van der Waals surface area (Å²) in [6.07, 6.45) is -8.89. The first-order valence-electron chi connectivity index (χ1n) is 8.22. The summed E-state index contributed by atoms with van der Waals surface area (Å²) in [5.41, 5.74) is 0.242. The number of aliphatic carboxylic acids is 1. The number of hydrogen-bond donors (Lipinski definition) is 1. The van der Waals surface area contributed by atoms with Crippen LogP contribution in [0.5, 0.6) is 0 Å². The van der Waals surface area contributed by atoms with Crippen molar-refractivity contribution in [1.82, 2.24) is 14.7 Å². The predicted molar refractivity (Wildman–Crippen MR) is 86.6 cm³/mol. The van der Waals surface area contributed by atoms with Crippen LogP contribution in [-0.2, 0) is 35.3 Å². The van der Waals surface area contributed by atoms with Gasteiger partial charge in [0.2, 0.25) is 6.41 Å². The number of amides is 1. The number of carboxylic acids is 1. The van der Waals surface area contributed by atoms with Crippen molar-refractivity contribution >= 4 is 12.4 Å². The molecular formula is C17H14F7N3O3. The maximum Gasteiger partial charge on any atom is 0.490 e. The molecule has 30 heavy (non-hydrogen) atoms. The topological polar surface area (TPSA) is 75.4 Å². The van der Waals surface area contributed by atoms with Gasteiger partial charge in [-0.15, -0.1) is 0 Å². The van der Waals surface area contributed by atoms with Gasteiger partial charge in [-0.2, -0.15) is 31.4 Å². The summed E-state index contributed by atoms with van der Waals surface area (Å²) in [5.74, 6) is -3.17. The zero-order valence-electron chi connectivity index (χ0n) is 15.0. The highest BCUT2D eigenvalue weighted by molar-refractivity contribution is 5.73. The number of carboxylic acid groups (broad SMARTS) is 1. The molecule has 6 nitrogen and oxygen atoms in total. The molecule has 1 aliphatic heterocycles. The van der Waals surface area contributed by atoms with Crippen molar-refractivity contribution in [1.29, 1.82) is 0 Å². The van der Waals surface area contributed by atoms with E-state index in [9.17, 15) is 35.5 Å². The van der Waals surface area contributed by atoms with E-state index in [4.69, 9.17) is 9.90 Å². The molecule has 1 amide bonds. The third-order valence-corrected chi connectivity index (χ3v) is 4.07. The van der Waals surface area contributed by atoms with Gasteiger partial charge in [0.15, 0.2) is 5.69 Å². The summed E-state index contributed by atoms with van der Waals surface area (Å²) in [6.45, 7) is 0.413. The first kappa shape index (κ1) is 23.2. The van der Waals surface area contributed by atoms with E-state index in [0.29, 0.717) is 17.7 Å². The Morgan fingerprint density at radius 2 is 1.70 bits per heavy atom. The van der Waals surface area contributed by atoms with E-state index in [1.165, 1.54) is 33.8 Å². The summed E-state index contributed by atoms with van der Waals surface area (Å²) in [5, 5.41) is 10.8. The summed E-state index contributed by atoms with van der Waals surface area (Å²) in [7, 11) is 0. The third kappa shape index (κ3) is 5.70. The summed E-state index contributed by atoms with van der Waals surface area (Å²) >= 11 is 0. The number of carbonyl (C=O) groups excluding carboxylic acids is 1. The van der Waals surface area contributed by atoms with Crippen molar-refractivity contribution in [3.05, 3.63) is 52.6 Å². The molecule has 0 fully saturated rings. The maximum atomic E-state index is 13.2. The van der Waals surface area contributed by atoms with Crippen molar-refractivity contribution in [3.8, 4) is 0 Å². The fourth-order valence-electron chi connectivity index (χ4n) is 2.71. The van der Waals surface area contributed by atoms with Gasteiger partial charge in [-0.1, -0.05) is 12.1 Å². The zero-order chi connectivity index (χ0) is 22.7. The average Bonchev–Trinajstić information content (AvgIpc) is 3.01. The number of alkyl halides is 6. The molecule has 0 atom stereocenters. The van der Waals surface area contributed by atoms with Gasteiger partial charge in [-0.05, 0) is 24.1 Å². The highest BCUT2D eigenvalue weighted by Gasteiger charge is 2.40. The molecule has 1 N–H and O–H groups in total. The minimum Gasteiger partial charge on any atom is -0.475 e. The minimum atomic E-state index is -5.08. The van der Waals surface area contributed by atoms with Gasteiger partial charge in [0.05, 0.1) is 18.8 Å². The van der Waals surface area contributed by atoms with Gasteiger partial charge >= 0.3 is 18.3 Å². The average molecular weight is 441 g/mol. The van der Waals surface area contributed by atoms with Gasteiger partial charge in [0.1, 0.15) is 5.82 Å². The molecule has 0 spiro atoms. The van der Waals surface area contributed by atoms with E-state index in [2.05, 4.69) is 5.10 Å². The van der Waals surface area contributed by atoms with Crippen LogP contribution >= 0.6 is 0 Å². The number of carbonyl (C=O) groups is 2. The molecule has 164 valence electrons. The molecule has 0 aliphatic carbocycles. The number of aromatic nitrogens is 2. The predicted octanol–water partition coefficient (Wildman–Crippen LogP) is 3.24. The Kier molecular flexibility index (Phi) is 6.73. The van der Waals surface area contributed by atoms with E-state index >= 15 is 0 Å². The molecule has 0 saturated heterocycles. The van der Waals surface area contributed by atoms with Crippen LogP contribution in [0, 0.1) is 5.82 Å². The smallest absolute Gasteiger partial charge is 0.475 e. The first-order chi connectivity index (χ1) is 13.8. The Morgan fingerprint density at radius 3 is 2.17 bits per heavy atom. The van der Waals surface area contributed by atoms with Crippen molar-refractivity contribution in [3.63, 3.8) is 0 Å². The monoisotopic (exact) mass is 441 g/mol. The number of fused-ring (bicyclic) bond motifs is 1. The lowest BCUT2D eigenvalue weighted by atomic mass is 10.0. The van der Waals surface area contributed by atoms with E-state index in [1.807, 2.05) is 0 Å². The number of halogens is 7. The number of nitrogens with zero attached hydrogens (tertiary/aromatic N) is 3. The SMILES string of the molecule is O=C(O)C(F)(F)F.O=CN1CCc2c(C(F)(F)F)nn(Cc3ccc(F)cc3)c2C1. The molecule has 0 radical (unpaired) electrons. The second kappa shape index (κ2) is 8.71. The second-order valence-corrected chi connectivity index (χ2v) is 6.18. The van der Waals surface area contributed by atoms with Crippen molar-refractivity contribution < 1.29 is 45.4 Å². The van der Waals surface area contributed by atoms with E-state index in [1.54, 1.807) is 0 Å². The van der Waals surface area contributed by atoms with Gasteiger partial charge in [0, 0.05) is 12.1 Å². The molecule has 2 heterocycles. The fourth-order valence-corrected chi connectivity index (χ4v) is 2.71. The molecule has 2 aromatic rings. The van der Waals surface area contributed by atoms with Gasteiger partial charge in [-0.3, -0.25) is 9.48 Å². The quantitative estimate of drug-likeness (QED) is 0.586. The summed E-state index contributed by atoms with van der Waals surface area (Å²) in [4.78, 5) is 21.2. The zero-order valence-corrected chi connectivity index (χ0v) is 15.0. The molecule has 0 saturated carbocycles. The fraction of sp³-hybridized carbons (Fsp3) is 0.353. The van der Waals surface area contributed by atoms with Crippen LogP contribution < -0.4 is 0 Å². The third-order valence-electron chi connectivity index (χ3n) is 4.07. The Labute approximate surface area is 164 Å². The molecule has 1 aromatic carbocycles. The van der Waals surface area contributed by atoms with Crippen LogP contribution in [0.4, 0.5) is 30.7 Å². The first-order valence-corrected chi connectivity index (χ1v) is 8.22. The van der Waals surface area contributed by atoms with Crippen LogP contribution in [0.3, 0.4) is 0 Å². The molecule has 13 heteroatoms. The molecule has 0 bridgehead atoms. The van der Waals surface area contributed by atoms with Crippen LogP contribution in [0.25, 0.3) is 0 Å². The maximum absolute atomic E-state index is 13.2. The van der Waals surface area contributed by atoms with E-state index in [-0.39, 0.29) is 31.6 Å². The van der Waals surface area contributed by atoms with Crippen LogP contribution in [-0.4, -0.2) is 44.9 Å². The Balaban J connectivity index is 0.000000396. The molecule has 1 aliphatic rings. The lowest BCUT2D eigenvalue weighted by Crippen LogP contribution is -2.31. The Bertz CT molecular complexity index is 905. The highest BCUT2D eigenvalue weighted by Crippen LogP contribution is 2.35. The van der Waals surface area contributed by atoms with Gasteiger partial charge < -0.3 is 10.0 Å². The molecule has 1 aromatic heterocycles. The van der Waals surface area contributed by atoms with Gasteiger partial charge in [-0.25, -0.2) is 9.18 Å². The second-order valence-electron chi connectivity index (χ2n) is 6.18. The molecule has 0 unspecified atom stereocenters. The Hall–Kier alpha value is -3.12. The van der Waals surface area contributed by atoms with Crippen LogP contribution in [0.15, 0.2) is 24.3 Å². The highest BCUT2D eigenvalue weighted by atomic mass is 19.4. The van der Waals surface area contributed by atoms with Crippen LogP contribution in [0.2, 0.25) is 0 Å². The van der Waals surface area contributed by atoms with E-state index in [0.717, 1.165) is 0 Å². The minimum absolute atomic E-state index is 0.0864.